The first-order valence-corrected chi connectivity index (χ1v) is 19.3. The second-order valence-corrected chi connectivity index (χ2v) is 15.7. The number of nitrogens with one attached hydrogen (secondary N) is 1. The lowest BCUT2D eigenvalue weighted by molar-refractivity contribution is -0.147. The summed E-state index contributed by atoms with van der Waals surface area (Å²) < 4.78 is 17.8. The molecule has 0 spiro atoms. The number of rotatable bonds is 6. The third-order valence-electron chi connectivity index (χ3n) is 9.39. The summed E-state index contributed by atoms with van der Waals surface area (Å²) in [4.78, 5) is 30.6. The molecule has 2 heterocycles. The second-order valence-electron chi connectivity index (χ2n) is 14.8. The highest BCUT2D eigenvalue weighted by molar-refractivity contribution is 7.09. The number of carbonyl (C=O) groups excluding carboxylic acids is 2. The quantitative estimate of drug-likeness (QED) is 0.195. The van der Waals surface area contributed by atoms with Gasteiger partial charge in [-0.3, -0.25) is 0 Å². The highest BCUT2D eigenvalue weighted by Gasteiger charge is 2.30. The molecule has 0 aromatic carbocycles. The van der Waals surface area contributed by atoms with Crippen molar-refractivity contribution in [2.75, 3.05) is 14.2 Å². The van der Waals surface area contributed by atoms with Crippen LogP contribution in [0.15, 0.2) is 75.8 Å². The van der Waals surface area contributed by atoms with E-state index in [1.807, 2.05) is 84.2 Å². The van der Waals surface area contributed by atoms with Crippen LogP contribution in [0.4, 0.5) is 4.79 Å². The Hall–Kier alpha value is -3.31. The zero-order valence-electron chi connectivity index (χ0n) is 33.4. The zero-order valence-corrected chi connectivity index (χ0v) is 34.3. The maximum absolute atomic E-state index is 13.6. The number of amides is 1. The number of ether oxygens (including phenoxy) is 3. The van der Waals surface area contributed by atoms with Crippen LogP contribution in [0.3, 0.4) is 0 Å². The number of thiazole rings is 1. The number of carbonyl (C=O) groups is 2. The minimum atomic E-state index is -0.731. The fraction of sp³-hybridized carbons (Fsp3) is 0.595. The molecule has 1 aliphatic heterocycles. The van der Waals surface area contributed by atoms with Crippen molar-refractivity contribution in [3.05, 3.63) is 86.5 Å². The lowest BCUT2D eigenvalue weighted by Gasteiger charge is -2.27. The average molecular weight is 741 g/mol. The molecule has 10 heteroatoms. The molecule has 0 bridgehead atoms. The molecule has 0 saturated heterocycles. The molecule has 0 fully saturated rings. The summed E-state index contributed by atoms with van der Waals surface area (Å²) in [5, 5.41) is 27.1. The van der Waals surface area contributed by atoms with Crippen molar-refractivity contribution < 1.29 is 34.0 Å². The summed E-state index contributed by atoms with van der Waals surface area (Å²) in [7, 11) is 3.18. The summed E-state index contributed by atoms with van der Waals surface area (Å²) in [6, 6.07) is 0. The highest BCUT2D eigenvalue weighted by atomic mass is 32.1. The van der Waals surface area contributed by atoms with Crippen LogP contribution < -0.4 is 5.32 Å². The van der Waals surface area contributed by atoms with Gasteiger partial charge in [0.15, 0.2) is 6.10 Å². The fourth-order valence-corrected chi connectivity index (χ4v) is 7.09. The van der Waals surface area contributed by atoms with Gasteiger partial charge in [0.2, 0.25) is 0 Å². The first-order valence-electron chi connectivity index (χ1n) is 18.5. The van der Waals surface area contributed by atoms with Gasteiger partial charge in [0, 0.05) is 36.9 Å². The number of methoxy groups -OCH3 is 1. The van der Waals surface area contributed by atoms with Gasteiger partial charge in [0.05, 0.1) is 24.0 Å². The van der Waals surface area contributed by atoms with E-state index in [0.29, 0.717) is 42.0 Å². The van der Waals surface area contributed by atoms with Gasteiger partial charge >= 0.3 is 12.1 Å². The Morgan fingerprint density at radius 2 is 1.75 bits per heavy atom. The number of allylic oxidation sites excluding steroid dienone is 7. The monoisotopic (exact) mass is 740 g/mol. The molecule has 52 heavy (non-hydrogen) atoms. The third kappa shape index (κ3) is 14.6. The van der Waals surface area contributed by atoms with E-state index < -0.39 is 36.5 Å². The molecule has 0 unspecified atom stereocenters. The first-order chi connectivity index (χ1) is 24.5. The van der Waals surface area contributed by atoms with E-state index in [4.69, 9.17) is 19.2 Å². The summed E-state index contributed by atoms with van der Waals surface area (Å²) in [5.74, 6) is -0.638. The molecule has 1 amide bonds. The van der Waals surface area contributed by atoms with Crippen LogP contribution in [0.1, 0.15) is 118 Å². The molecule has 8 atom stereocenters. The Kier molecular flexibility index (Phi) is 19.0. The Balaban J connectivity index is 2.55. The summed E-state index contributed by atoms with van der Waals surface area (Å²) in [6.45, 7) is 19.8. The van der Waals surface area contributed by atoms with Gasteiger partial charge < -0.3 is 29.7 Å². The lowest BCUT2D eigenvalue weighted by atomic mass is 9.90. The average Bonchev–Trinajstić information content (AvgIpc) is 3.57. The molecule has 2 rings (SSSR count). The Morgan fingerprint density at radius 1 is 1.06 bits per heavy atom. The molecule has 1 aromatic heterocycles. The summed E-state index contributed by atoms with van der Waals surface area (Å²) in [5.41, 5.74) is 5.02. The van der Waals surface area contributed by atoms with Crippen molar-refractivity contribution in [2.45, 2.75) is 125 Å². The van der Waals surface area contributed by atoms with E-state index in [1.54, 1.807) is 20.1 Å². The molecule has 290 valence electrons. The molecular formula is C42H64N2O7S. The van der Waals surface area contributed by atoms with Gasteiger partial charge in [-0.15, -0.1) is 11.3 Å². The fourth-order valence-electron chi connectivity index (χ4n) is 6.21. The number of alkyl carbamates (subject to hydrolysis) is 1. The number of aliphatic hydroxyl groups is 2. The number of esters is 1. The van der Waals surface area contributed by atoms with Crippen LogP contribution in [0.5, 0.6) is 0 Å². The normalized spacial score (nSPS) is 32.9. The number of hydrogen-bond donors (Lipinski definition) is 3. The summed E-state index contributed by atoms with van der Waals surface area (Å²) in [6.07, 6.45) is 12.6. The molecule has 0 aliphatic carbocycles. The van der Waals surface area contributed by atoms with Gasteiger partial charge in [0.25, 0.3) is 0 Å². The number of aromatic nitrogens is 1. The van der Waals surface area contributed by atoms with E-state index in [9.17, 15) is 19.8 Å². The van der Waals surface area contributed by atoms with Crippen molar-refractivity contribution in [2.24, 2.45) is 23.7 Å². The second kappa shape index (κ2) is 22.0. The molecule has 0 saturated carbocycles. The van der Waals surface area contributed by atoms with Crippen molar-refractivity contribution in [1.29, 1.82) is 0 Å². The molecule has 0 radical (unpaired) electrons. The highest BCUT2D eigenvalue weighted by Crippen LogP contribution is 2.35. The molecular weight excluding hydrogens is 677 g/mol. The lowest BCUT2D eigenvalue weighted by Crippen LogP contribution is -2.30. The van der Waals surface area contributed by atoms with Crippen molar-refractivity contribution in [3.8, 4) is 0 Å². The van der Waals surface area contributed by atoms with E-state index >= 15 is 0 Å². The van der Waals surface area contributed by atoms with E-state index in [-0.39, 0.29) is 29.8 Å². The topological polar surface area (TPSA) is 127 Å². The molecule has 3 N–H and O–H groups in total. The van der Waals surface area contributed by atoms with Crippen molar-refractivity contribution in [3.63, 3.8) is 0 Å². The number of cyclic esters (lactones) is 1. The van der Waals surface area contributed by atoms with Crippen LogP contribution in [-0.4, -0.2) is 59.7 Å². The maximum atomic E-state index is 13.6. The number of nitrogens with zero attached hydrogens (tertiary/aromatic N) is 1. The maximum Gasteiger partial charge on any atom is 0.407 e. The smallest absolute Gasteiger partial charge is 0.407 e. The van der Waals surface area contributed by atoms with Crippen LogP contribution in [0.25, 0.3) is 0 Å². The van der Waals surface area contributed by atoms with Crippen LogP contribution in [-0.2, 0) is 19.0 Å². The van der Waals surface area contributed by atoms with Crippen molar-refractivity contribution in [1.82, 2.24) is 10.3 Å². The molecule has 9 nitrogen and oxygen atoms in total. The van der Waals surface area contributed by atoms with E-state index in [0.717, 1.165) is 22.3 Å². The third-order valence-corrected chi connectivity index (χ3v) is 10.3. The standard InChI is InChI=1S/C42H64N2O7S/c1-25(2)20-37(50-42(48)43-11)40-44-34(24-52-40)39-30(7)15-13-14-29(6)38(49-12)33(10)35(45)19-17-26(3)21-28(5)22-32(9)36(46)23-27(4)16-18-31(8)41(47)51-39/h14,17-19,21-25,30,32-33,35-39,45-46H,13,15-16,20H2,1-12H3,(H,43,48)/b19-17+,26-21-,27-23+,28-22-,29-14+,31-18+/t30-,32-,33-,35+,36+,37-,38+,39-/m0/s1. The Labute approximate surface area is 316 Å². The van der Waals surface area contributed by atoms with Crippen LogP contribution in [0.2, 0.25) is 0 Å². The minimum absolute atomic E-state index is 0.110. The Morgan fingerprint density at radius 3 is 2.38 bits per heavy atom. The van der Waals surface area contributed by atoms with Crippen LogP contribution in [0, 0.1) is 23.7 Å². The van der Waals surface area contributed by atoms with Gasteiger partial charge in [-0.2, -0.15) is 0 Å². The van der Waals surface area contributed by atoms with Crippen molar-refractivity contribution >= 4 is 23.4 Å². The molecule has 1 aromatic rings. The molecule has 1 aliphatic rings. The predicted octanol–water partition coefficient (Wildman–Crippen LogP) is 9.29. The van der Waals surface area contributed by atoms with E-state index in [1.165, 1.54) is 18.4 Å². The van der Waals surface area contributed by atoms with E-state index in [2.05, 4.69) is 25.2 Å². The van der Waals surface area contributed by atoms with Gasteiger partial charge in [-0.25, -0.2) is 14.6 Å². The largest absolute Gasteiger partial charge is 0.452 e. The first kappa shape index (κ1) is 44.8. The van der Waals surface area contributed by atoms with Crippen LogP contribution >= 0.6 is 11.3 Å². The minimum Gasteiger partial charge on any atom is -0.452 e. The van der Waals surface area contributed by atoms with Gasteiger partial charge in [0.1, 0.15) is 11.1 Å². The zero-order chi connectivity index (χ0) is 39.1. The summed E-state index contributed by atoms with van der Waals surface area (Å²) >= 11 is 1.39. The predicted molar refractivity (Wildman–Crippen MR) is 211 cm³/mol. The number of hydrogen-bond acceptors (Lipinski definition) is 9. The van der Waals surface area contributed by atoms with Gasteiger partial charge in [-0.05, 0) is 77.7 Å². The number of aliphatic hydroxyl groups excluding tert-OH is 2. The SMILES string of the molecule is CNC(=O)O[C@@H](CC(C)C)c1nc([C@H]2OC(=O)/C(C)=C/C/C(C)=C/[C@@H](O)[C@@H](C)\C=C(C)/C=C(C)\C=C\[C@@H](O)[C@H](C)[C@H](OC)/C(C)=C/CC[C@@H]2C)cs1. The van der Waals surface area contributed by atoms with Gasteiger partial charge in [-0.1, -0.05) is 93.9 Å². The Bertz CT molecular complexity index is 1500.